The molecule has 0 aliphatic carbocycles. The summed E-state index contributed by atoms with van der Waals surface area (Å²) < 4.78 is 7.57. The number of aromatic nitrogens is 3. The van der Waals surface area contributed by atoms with Crippen molar-refractivity contribution in [1.29, 1.82) is 0 Å². The van der Waals surface area contributed by atoms with Crippen molar-refractivity contribution >= 4 is 22.6 Å². The zero-order valence-corrected chi connectivity index (χ0v) is 13.6. The number of carbonyl (C=O) groups excluding carboxylic acids is 1. The Labute approximate surface area is 144 Å². The van der Waals surface area contributed by atoms with Crippen molar-refractivity contribution in [2.45, 2.75) is 12.8 Å². The molecule has 0 spiro atoms. The Morgan fingerprint density at radius 1 is 1.08 bits per heavy atom. The van der Waals surface area contributed by atoms with Crippen molar-refractivity contribution in [3.05, 3.63) is 73.0 Å². The number of amides is 1. The first-order valence-electron chi connectivity index (χ1n) is 7.95. The number of hydrogen-bond donors (Lipinski definition) is 1. The first-order chi connectivity index (χ1) is 12.2. The Balaban J connectivity index is 1.49. The Hall–Kier alpha value is -3.41. The fourth-order valence-corrected chi connectivity index (χ4v) is 2.65. The van der Waals surface area contributed by atoms with Crippen LogP contribution in [0.15, 0.2) is 71.7 Å². The summed E-state index contributed by atoms with van der Waals surface area (Å²) >= 11 is 0. The molecule has 2 aromatic heterocycles. The van der Waals surface area contributed by atoms with Gasteiger partial charge in [0, 0.05) is 16.8 Å². The minimum absolute atomic E-state index is 0.115. The Bertz CT molecular complexity index is 971. The number of rotatable bonds is 4. The smallest absolute Gasteiger partial charge is 0.234 e. The third kappa shape index (κ3) is 3.01. The highest BCUT2D eigenvalue weighted by Gasteiger charge is 2.19. The van der Waals surface area contributed by atoms with Gasteiger partial charge in [0.05, 0.1) is 5.92 Å². The van der Waals surface area contributed by atoms with Crippen LogP contribution in [0.5, 0.6) is 0 Å². The number of para-hydroxylation sites is 1. The van der Waals surface area contributed by atoms with E-state index < -0.39 is 0 Å². The normalized spacial score (nSPS) is 12.2. The molecule has 0 saturated carbocycles. The summed E-state index contributed by atoms with van der Waals surface area (Å²) in [6, 6.07) is 17.1. The van der Waals surface area contributed by atoms with Gasteiger partial charge in [-0.2, -0.15) is 0 Å². The second-order valence-electron chi connectivity index (χ2n) is 5.81. The van der Waals surface area contributed by atoms with Crippen molar-refractivity contribution in [2.24, 2.45) is 0 Å². The van der Waals surface area contributed by atoms with Crippen molar-refractivity contribution in [1.82, 2.24) is 14.8 Å². The standard InChI is InChI=1S/C19H16N4O2/c1-13(18-10-14-4-2-3-5-17(14)25-18)19(24)22-15-6-8-16(9-7-15)23-11-20-21-12-23/h2-13H,1H3,(H,22,24)/t13-/m1/s1. The van der Waals surface area contributed by atoms with E-state index in [2.05, 4.69) is 15.5 Å². The predicted octanol–water partition coefficient (Wildman–Crippen LogP) is 3.76. The summed E-state index contributed by atoms with van der Waals surface area (Å²) in [5.41, 5.74) is 2.44. The molecule has 0 saturated heterocycles. The molecule has 6 nitrogen and oxygen atoms in total. The van der Waals surface area contributed by atoms with Crippen LogP contribution < -0.4 is 5.32 Å². The minimum Gasteiger partial charge on any atom is -0.460 e. The molecule has 0 fully saturated rings. The maximum atomic E-state index is 12.5. The average molecular weight is 332 g/mol. The molecule has 25 heavy (non-hydrogen) atoms. The number of nitrogens with one attached hydrogen (secondary N) is 1. The maximum Gasteiger partial charge on any atom is 0.234 e. The summed E-state index contributed by atoms with van der Waals surface area (Å²) in [4.78, 5) is 12.5. The molecule has 1 amide bonds. The van der Waals surface area contributed by atoms with Gasteiger partial charge in [0.1, 0.15) is 24.0 Å². The summed E-state index contributed by atoms with van der Waals surface area (Å²) in [7, 11) is 0. The van der Waals surface area contributed by atoms with Gasteiger partial charge in [-0.1, -0.05) is 18.2 Å². The van der Waals surface area contributed by atoms with E-state index in [0.29, 0.717) is 5.76 Å². The lowest BCUT2D eigenvalue weighted by Crippen LogP contribution is -2.18. The van der Waals surface area contributed by atoms with Crippen LogP contribution in [0.4, 0.5) is 5.69 Å². The molecule has 4 rings (SSSR count). The molecule has 0 bridgehead atoms. The summed E-state index contributed by atoms with van der Waals surface area (Å²) in [6.07, 6.45) is 3.24. The van der Waals surface area contributed by atoms with Crippen molar-refractivity contribution in [2.75, 3.05) is 5.32 Å². The number of fused-ring (bicyclic) bond motifs is 1. The highest BCUT2D eigenvalue weighted by Crippen LogP contribution is 2.26. The number of nitrogens with zero attached hydrogens (tertiary/aromatic N) is 3. The van der Waals surface area contributed by atoms with E-state index in [0.717, 1.165) is 22.3 Å². The summed E-state index contributed by atoms with van der Waals surface area (Å²) in [5, 5.41) is 11.5. The first-order valence-corrected chi connectivity index (χ1v) is 7.95. The molecular formula is C19H16N4O2. The quantitative estimate of drug-likeness (QED) is 0.617. The van der Waals surface area contributed by atoms with Crippen molar-refractivity contribution < 1.29 is 9.21 Å². The molecule has 2 aromatic carbocycles. The lowest BCUT2D eigenvalue weighted by Gasteiger charge is -2.10. The van der Waals surface area contributed by atoms with E-state index in [9.17, 15) is 4.79 Å². The third-order valence-corrected chi connectivity index (χ3v) is 4.12. The van der Waals surface area contributed by atoms with Crippen molar-refractivity contribution in [3.8, 4) is 5.69 Å². The van der Waals surface area contributed by atoms with E-state index in [1.54, 1.807) is 17.2 Å². The predicted molar refractivity (Wildman–Crippen MR) is 94.6 cm³/mol. The molecule has 6 heteroatoms. The number of anilines is 1. The second kappa shape index (κ2) is 6.24. The monoisotopic (exact) mass is 332 g/mol. The van der Waals surface area contributed by atoms with Gasteiger partial charge in [-0.15, -0.1) is 10.2 Å². The topological polar surface area (TPSA) is 73.0 Å². The van der Waals surface area contributed by atoms with Gasteiger partial charge >= 0.3 is 0 Å². The molecule has 124 valence electrons. The number of furan rings is 1. The van der Waals surface area contributed by atoms with E-state index >= 15 is 0 Å². The van der Waals surface area contributed by atoms with Gasteiger partial charge in [-0.3, -0.25) is 9.36 Å². The number of hydrogen-bond acceptors (Lipinski definition) is 4. The van der Waals surface area contributed by atoms with E-state index in [-0.39, 0.29) is 11.8 Å². The minimum atomic E-state index is -0.384. The van der Waals surface area contributed by atoms with Gasteiger partial charge in [-0.05, 0) is 43.3 Å². The third-order valence-electron chi connectivity index (χ3n) is 4.12. The van der Waals surface area contributed by atoms with Crippen LogP contribution in [0, 0.1) is 0 Å². The van der Waals surface area contributed by atoms with E-state index in [4.69, 9.17) is 4.42 Å². The van der Waals surface area contributed by atoms with Crippen LogP contribution in [-0.4, -0.2) is 20.7 Å². The fourth-order valence-electron chi connectivity index (χ4n) is 2.65. The first kappa shape index (κ1) is 15.1. The number of benzene rings is 2. The van der Waals surface area contributed by atoms with Crippen molar-refractivity contribution in [3.63, 3.8) is 0 Å². The van der Waals surface area contributed by atoms with Gasteiger partial charge in [0.15, 0.2) is 0 Å². The fraction of sp³-hybridized carbons (Fsp3) is 0.105. The zero-order valence-electron chi connectivity index (χ0n) is 13.6. The summed E-state index contributed by atoms with van der Waals surface area (Å²) in [5.74, 6) is 0.154. The van der Waals surface area contributed by atoms with Crippen LogP contribution in [0.25, 0.3) is 16.7 Å². The van der Waals surface area contributed by atoms with Gasteiger partial charge in [0.25, 0.3) is 0 Å². The van der Waals surface area contributed by atoms with Gasteiger partial charge < -0.3 is 9.73 Å². The Morgan fingerprint density at radius 2 is 1.80 bits per heavy atom. The molecule has 1 atom stereocenters. The largest absolute Gasteiger partial charge is 0.460 e. The molecule has 1 N–H and O–H groups in total. The molecule has 4 aromatic rings. The number of carbonyl (C=O) groups is 1. The average Bonchev–Trinajstić information content (AvgIpc) is 3.31. The lowest BCUT2D eigenvalue weighted by atomic mass is 10.1. The second-order valence-corrected chi connectivity index (χ2v) is 5.81. The van der Waals surface area contributed by atoms with Gasteiger partial charge in [0.2, 0.25) is 5.91 Å². The molecule has 2 heterocycles. The van der Waals surface area contributed by atoms with Crippen LogP contribution >= 0.6 is 0 Å². The highest BCUT2D eigenvalue weighted by molar-refractivity contribution is 5.96. The van der Waals surface area contributed by atoms with Crippen LogP contribution in [0.1, 0.15) is 18.6 Å². The molecule has 0 unspecified atom stereocenters. The van der Waals surface area contributed by atoms with Crippen LogP contribution in [0.2, 0.25) is 0 Å². The highest BCUT2D eigenvalue weighted by atomic mass is 16.3. The summed E-state index contributed by atoms with van der Waals surface area (Å²) in [6.45, 7) is 1.83. The maximum absolute atomic E-state index is 12.5. The molecule has 0 aliphatic rings. The molecule has 0 radical (unpaired) electrons. The van der Waals surface area contributed by atoms with E-state index in [1.165, 1.54) is 0 Å². The zero-order chi connectivity index (χ0) is 17.2. The molecule has 0 aliphatic heterocycles. The van der Waals surface area contributed by atoms with Gasteiger partial charge in [-0.25, -0.2) is 0 Å². The molecular weight excluding hydrogens is 316 g/mol. The van der Waals surface area contributed by atoms with Crippen LogP contribution in [0.3, 0.4) is 0 Å². The van der Waals surface area contributed by atoms with Crippen LogP contribution in [-0.2, 0) is 4.79 Å². The Kier molecular flexibility index (Phi) is 3.78. The SMILES string of the molecule is C[C@@H](C(=O)Nc1ccc(-n2cnnc2)cc1)c1cc2ccccc2o1. The van der Waals surface area contributed by atoms with E-state index in [1.807, 2.05) is 61.5 Å². The Morgan fingerprint density at radius 3 is 2.52 bits per heavy atom. The lowest BCUT2D eigenvalue weighted by molar-refractivity contribution is -0.117.